The standard InChI is InChI=1S/C7H10Cl3NO5/c8-7(9,10)6(11)16-5-4(14)3(13)2(1-12)15-5/h2-5,11-14H,1H2/t2-,3-,4+,5-/m0/s1. The summed E-state index contributed by atoms with van der Waals surface area (Å²) in [5, 5.41) is 34.8. The number of ether oxygens (including phenoxy) is 2. The van der Waals surface area contributed by atoms with Crippen LogP contribution in [0.5, 0.6) is 0 Å². The summed E-state index contributed by atoms with van der Waals surface area (Å²) in [6, 6.07) is 0. The third kappa shape index (κ3) is 3.10. The topological polar surface area (TPSA) is 103 Å². The van der Waals surface area contributed by atoms with Gasteiger partial charge < -0.3 is 24.8 Å². The predicted octanol–water partition coefficient (Wildman–Crippen LogP) is -0.211. The summed E-state index contributed by atoms with van der Waals surface area (Å²) in [5.41, 5.74) is 0. The minimum absolute atomic E-state index is 0.501. The van der Waals surface area contributed by atoms with Crippen molar-refractivity contribution in [1.82, 2.24) is 0 Å². The normalized spacial score (nSPS) is 35.1. The van der Waals surface area contributed by atoms with Crippen molar-refractivity contribution >= 4 is 40.7 Å². The SMILES string of the molecule is N=C(O[C@@H]1O[C@@H](CO)[C@H](O)[C@H]1O)C(Cl)(Cl)Cl. The van der Waals surface area contributed by atoms with Crippen molar-refractivity contribution in [1.29, 1.82) is 5.41 Å². The van der Waals surface area contributed by atoms with E-state index in [4.69, 9.17) is 54.8 Å². The molecule has 0 aromatic carbocycles. The Morgan fingerprint density at radius 1 is 1.31 bits per heavy atom. The van der Waals surface area contributed by atoms with Crippen LogP contribution in [0.3, 0.4) is 0 Å². The van der Waals surface area contributed by atoms with Crippen LogP contribution >= 0.6 is 34.8 Å². The van der Waals surface area contributed by atoms with E-state index in [0.29, 0.717) is 0 Å². The number of nitrogens with one attached hydrogen (secondary N) is 1. The van der Waals surface area contributed by atoms with Gasteiger partial charge in [-0.25, -0.2) is 0 Å². The Labute approximate surface area is 106 Å². The molecule has 9 heteroatoms. The van der Waals surface area contributed by atoms with Crippen molar-refractivity contribution in [3.63, 3.8) is 0 Å². The van der Waals surface area contributed by atoms with Gasteiger partial charge in [-0.2, -0.15) is 0 Å². The molecule has 0 amide bonds. The van der Waals surface area contributed by atoms with Crippen LogP contribution in [0.2, 0.25) is 0 Å². The number of aliphatic hydroxyl groups is 3. The fourth-order valence-corrected chi connectivity index (χ4v) is 1.28. The molecule has 0 aromatic heterocycles. The zero-order chi connectivity index (χ0) is 12.5. The van der Waals surface area contributed by atoms with Gasteiger partial charge in [-0.3, -0.25) is 5.41 Å². The molecule has 0 bridgehead atoms. The minimum atomic E-state index is -2.08. The molecule has 4 N–H and O–H groups in total. The molecule has 0 aromatic rings. The maximum atomic E-state index is 9.44. The number of rotatable bonds is 2. The average molecular weight is 295 g/mol. The van der Waals surface area contributed by atoms with Crippen LogP contribution in [-0.4, -0.2) is 56.2 Å². The second kappa shape index (κ2) is 5.22. The molecule has 1 aliphatic rings. The molecule has 16 heavy (non-hydrogen) atoms. The first kappa shape index (κ1) is 14.2. The van der Waals surface area contributed by atoms with E-state index in [-0.39, 0.29) is 0 Å². The summed E-state index contributed by atoms with van der Waals surface area (Å²) < 4.78 is 7.57. The van der Waals surface area contributed by atoms with Crippen LogP contribution < -0.4 is 0 Å². The molecule has 1 heterocycles. The molecule has 6 nitrogen and oxygen atoms in total. The van der Waals surface area contributed by atoms with E-state index in [1.165, 1.54) is 0 Å². The van der Waals surface area contributed by atoms with E-state index < -0.39 is 40.9 Å². The van der Waals surface area contributed by atoms with E-state index in [1.54, 1.807) is 0 Å². The van der Waals surface area contributed by atoms with E-state index in [9.17, 15) is 10.2 Å². The highest BCUT2D eigenvalue weighted by Gasteiger charge is 2.45. The largest absolute Gasteiger partial charge is 0.445 e. The minimum Gasteiger partial charge on any atom is -0.445 e. The number of hydrogen-bond acceptors (Lipinski definition) is 6. The van der Waals surface area contributed by atoms with E-state index in [1.807, 2.05) is 0 Å². The Morgan fingerprint density at radius 3 is 2.25 bits per heavy atom. The third-order valence-electron chi connectivity index (χ3n) is 1.99. The van der Waals surface area contributed by atoms with Crippen molar-refractivity contribution in [3.05, 3.63) is 0 Å². The lowest BCUT2D eigenvalue weighted by Crippen LogP contribution is -2.37. The van der Waals surface area contributed by atoms with Crippen LogP contribution in [0.15, 0.2) is 0 Å². The monoisotopic (exact) mass is 293 g/mol. The second-order valence-electron chi connectivity index (χ2n) is 3.15. The molecule has 1 rings (SSSR count). The maximum absolute atomic E-state index is 9.44. The molecule has 0 spiro atoms. The number of alkyl halides is 3. The molecule has 0 saturated carbocycles. The Morgan fingerprint density at radius 2 is 1.88 bits per heavy atom. The van der Waals surface area contributed by atoms with Gasteiger partial charge in [0.2, 0.25) is 12.2 Å². The predicted molar refractivity (Wildman–Crippen MR) is 56.9 cm³/mol. The van der Waals surface area contributed by atoms with Crippen LogP contribution in [0.25, 0.3) is 0 Å². The average Bonchev–Trinajstić information content (AvgIpc) is 2.44. The molecule has 0 aliphatic carbocycles. The van der Waals surface area contributed by atoms with Crippen LogP contribution in [0.1, 0.15) is 0 Å². The molecule has 0 unspecified atom stereocenters. The van der Waals surface area contributed by atoms with E-state index in [2.05, 4.69) is 0 Å². The van der Waals surface area contributed by atoms with Crippen LogP contribution in [0.4, 0.5) is 0 Å². The summed E-state index contributed by atoms with van der Waals surface area (Å²) >= 11 is 16.0. The van der Waals surface area contributed by atoms with Crippen LogP contribution in [-0.2, 0) is 9.47 Å². The number of aliphatic hydroxyl groups excluding tert-OH is 3. The van der Waals surface area contributed by atoms with Gasteiger partial charge in [0.15, 0.2) is 0 Å². The summed E-state index contributed by atoms with van der Waals surface area (Å²) in [4.78, 5) is 0. The Balaban J connectivity index is 2.60. The quantitative estimate of drug-likeness (QED) is 0.321. The van der Waals surface area contributed by atoms with Crippen molar-refractivity contribution in [2.45, 2.75) is 28.4 Å². The third-order valence-corrected chi connectivity index (χ3v) is 2.50. The maximum Gasteiger partial charge on any atom is 0.265 e. The molecular formula is C7H10Cl3NO5. The first-order valence-electron chi connectivity index (χ1n) is 4.22. The summed E-state index contributed by atoms with van der Waals surface area (Å²) in [7, 11) is 0. The lowest BCUT2D eigenvalue weighted by atomic mass is 10.1. The van der Waals surface area contributed by atoms with Crippen molar-refractivity contribution in [2.24, 2.45) is 0 Å². The van der Waals surface area contributed by atoms with Gasteiger partial charge in [-0.15, -0.1) is 0 Å². The number of hydrogen-bond donors (Lipinski definition) is 4. The zero-order valence-corrected chi connectivity index (χ0v) is 10.1. The second-order valence-corrected chi connectivity index (χ2v) is 5.43. The lowest BCUT2D eigenvalue weighted by molar-refractivity contribution is -0.124. The highest BCUT2D eigenvalue weighted by molar-refractivity contribution is 6.76. The van der Waals surface area contributed by atoms with Gasteiger partial charge in [0.05, 0.1) is 6.61 Å². The highest BCUT2D eigenvalue weighted by Crippen LogP contribution is 2.30. The molecule has 1 fully saturated rings. The molecular weight excluding hydrogens is 284 g/mol. The van der Waals surface area contributed by atoms with Gasteiger partial charge >= 0.3 is 0 Å². The van der Waals surface area contributed by atoms with Crippen molar-refractivity contribution in [3.8, 4) is 0 Å². The van der Waals surface area contributed by atoms with Crippen molar-refractivity contribution < 1.29 is 24.8 Å². The molecule has 0 radical (unpaired) electrons. The van der Waals surface area contributed by atoms with E-state index in [0.717, 1.165) is 0 Å². The number of halogens is 3. The summed E-state index contributed by atoms with van der Waals surface area (Å²) in [5.74, 6) is -0.743. The summed E-state index contributed by atoms with van der Waals surface area (Å²) in [6.07, 6.45) is -5.10. The fourth-order valence-electron chi connectivity index (χ4n) is 1.15. The highest BCUT2D eigenvalue weighted by atomic mass is 35.6. The van der Waals surface area contributed by atoms with Crippen LogP contribution in [0, 0.1) is 5.41 Å². The first-order valence-corrected chi connectivity index (χ1v) is 5.35. The smallest absolute Gasteiger partial charge is 0.265 e. The van der Waals surface area contributed by atoms with Gasteiger partial charge in [-0.1, -0.05) is 34.8 Å². The molecule has 1 saturated heterocycles. The zero-order valence-electron chi connectivity index (χ0n) is 7.81. The van der Waals surface area contributed by atoms with Gasteiger partial charge in [-0.05, 0) is 0 Å². The van der Waals surface area contributed by atoms with Crippen molar-refractivity contribution in [2.75, 3.05) is 6.61 Å². The van der Waals surface area contributed by atoms with Gasteiger partial charge in [0, 0.05) is 0 Å². The Hall–Kier alpha value is 0.180. The Kier molecular flexibility index (Phi) is 4.65. The molecule has 94 valence electrons. The van der Waals surface area contributed by atoms with E-state index >= 15 is 0 Å². The summed E-state index contributed by atoms with van der Waals surface area (Å²) in [6.45, 7) is -0.501. The first-order chi connectivity index (χ1) is 7.27. The van der Waals surface area contributed by atoms with Gasteiger partial charge in [0.1, 0.15) is 18.3 Å². The Bertz CT molecular complexity index is 271. The fraction of sp³-hybridized carbons (Fsp3) is 0.857. The van der Waals surface area contributed by atoms with Gasteiger partial charge in [0.25, 0.3) is 3.79 Å². The molecule has 4 atom stereocenters. The lowest BCUT2D eigenvalue weighted by Gasteiger charge is -2.20. The molecule has 1 aliphatic heterocycles.